The number of hydrogen-bond donors (Lipinski definition) is 1. The van der Waals surface area contributed by atoms with Crippen LogP contribution in [0.3, 0.4) is 0 Å². The number of carbonyl (C=O) groups is 1. The summed E-state index contributed by atoms with van der Waals surface area (Å²) in [4.78, 5) is 16.4. The van der Waals surface area contributed by atoms with Crippen molar-refractivity contribution in [3.8, 4) is 6.07 Å². The summed E-state index contributed by atoms with van der Waals surface area (Å²) in [6.07, 6.45) is 0. The van der Waals surface area contributed by atoms with E-state index in [0.29, 0.717) is 30.8 Å². The molecule has 0 aromatic heterocycles. The Kier molecular flexibility index (Phi) is 7.47. The van der Waals surface area contributed by atoms with Gasteiger partial charge in [-0.2, -0.15) is 5.26 Å². The van der Waals surface area contributed by atoms with Crippen LogP contribution in [0.25, 0.3) is 0 Å². The number of halogens is 2. The summed E-state index contributed by atoms with van der Waals surface area (Å²) < 4.78 is 26.6. The van der Waals surface area contributed by atoms with Crippen molar-refractivity contribution in [2.75, 3.05) is 27.2 Å². The molecule has 0 bridgehead atoms. The number of nitriles is 1. The summed E-state index contributed by atoms with van der Waals surface area (Å²) in [5, 5.41) is 11.7. The van der Waals surface area contributed by atoms with Crippen molar-refractivity contribution in [2.24, 2.45) is 0 Å². The van der Waals surface area contributed by atoms with Gasteiger partial charge in [0.2, 0.25) is 0 Å². The van der Waals surface area contributed by atoms with Gasteiger partial charge in [0, 0.05) is 19.6 Å². The molecular formula is C21H24F2N4O. The van der Waals surface area contributed by atoms with E-state index in [0.717, 1.165) is 17.7 Å². The van der Waals surface area contributed by atoms with Crippen LogP contribution in [-0.4, -0.2) is 43.0 Å². The Balaban J connectivity index is 2.10. The maximum Gasteiger partial charge on any atom is 0.318 e. The molecule has 0 aliphatic rings. The minimum atomic E-state index is -0.944. The largest absolute Gasteiger partial charge is 0.331 e. The summed E-state index contributed by atoms with van der Waals surface area (Å²) >= 11 is 0. The molecule has 1 N–H and O–H groups in total. The Morgan fingerprint density at radius 1 is 1.11 bits per heavy atom. The lowest BCUT2D eigenvalue weighted by Crippen LogP contribution is -2.43. The minimum Gasteiger partial charge on any atom is -0.331 e. The molecule has 28 heavy (non-hydrogen) atoms. The highest BCUT2D eigenvalue weighted by atomic mass is 19.2. The first kappa shape index (κ1) is 21.3. The van der Waals surface area contributed by atoms with E-state index in [1.807, 2.05) is 31.1 Å². The molecule has 2 amide bonds. The van der Waals surface area contributed by atoms with E-state index in [1.165, 1.54) is 6.07 Å². The van der Waals surface area contributed by atoms with Crippen molar-refractivity contribution < 1.29 is 13.6 Å². The van der Waals surface area contributed by atoms with Crippen molar-refractivity contribution >= 4 is 6.03 Å². The first-order chi connectivity index (χ1) is 13.3. The predicted molar refractivity (Wildman–Crippen MR) is 103 cm³/mol. The zero-order valence-corrected chi connectivity index (χ0v) is 16.2. The summed E-state index contributed by atoms with van der Waals surface area (Å²) in [7, 11) is 3.84. The Morgan fingerprint density at radius 3 is 2.36 bits per heavy atom. The molecule has 0 aliphatic heterocycles. The zero-order chi connectivity index (χ0) is 20.7. The summed E-state index contributed by atoms with van der Waals surface area (Å²) in [5.41, 5.74) is 1.94. The zero-order valence-electron chi connectivity index (χ0n) is 16.2. The highest BCUT2D eigenvalue weighted by Crippen LogP contribution is 2.17. The van der Waals surface area contributed by atoms with E-state index in [-0.39, 0.29) is 6.03 Å². The maximum absolute atomic E-state index is 13.5. The minimum absolute atomic E-state index is 0.302. The normalized spacial score (nSPS) is 11.8. The van der Waals surface area contributed by atoms with Crippen LogP contribution in [-0.2, 0) is 6.54 Å². The molecule has 0 heterocycles. The van der Waals surface area contributed by atoms with Gasteiger partial charge in [0.05, 0.1) is 17.7 Å². The first-order valence-electron chi connectivity index (χ1n) is 8.94. The summed E-state index contributed by atoms with van der Waals surface area (Å²) in [5.74, 6) is -1.86. The average molecular weight is 386 g/mol. The number of rotatable bonds is 7. The number of likely N-dealkylation sites (N-methyl/N-ethyl adjacent to an activating group) is 1. The van der Waals surface area contributed by atoms with E-state index in [4.69, 9.17) is 5.26 Å². The van der Waals surface area contributed by atoms with Crippen molar-refractivity contribution in [3.63, 3.8) is 0 Å². The summed E-state index contributed by atoms with van der Waals surface area (Å²) in [6.45, 7) is 3.25. The van der Waals surface area contributed by atoms with E-state index >= 15 is 0 Å². The fraction of sp³-hybridized carbons (Fsp3) is 0.333. The monoisotopic (exact) mass is 386 g/mol. The molecular weight excluding hydrogens is 362 g/mol. The Bertz CT molecular complexity index is 846. The van der Waals surface area contributed by atoms with Gasteiger partial charge in [-0.15, -0.1) is 0 Å². The molecule has 0 spiro atoms. The molecule has 0 aliphatic carbocycles. The van der Waals surface area contributed by atoms with Crippen LogP contribution >= 0.6 is 0 Å². The summed E-state index contributed by atoms with van der Waals surface area (Å²) in [6, 6.07) is 11.9. The molecule has 1 atom stereocenters. The number of hydrogen-bond acceptors (Lipinski definition) is 3. The molecule has 1 unspecified atom stereocenters. The van der Waals surface area contributed by atoms with Crippen LogP contribution in [0.5, 0.6) is 0 Å². The number of carbonyl (C=O) groups excluding carboxylic acids is 1. The lowest BCUT2D eigenvalue weighted by molar-refractivity contribution is 0.185. The van der Waals surface area contributed by atoms with Crippen LogP contribution in [0.1, 0.15) is 29.7 Å². The fourth-order valence-corrected chi connectivity index (χ4v) is 2.62. The van der Waals surface area contributed by atoms with Gasteiger partial charge in [0.15, 0.2) is 11.6 Å². The van der Waals surface area contributed by atoms with Crippen LogP contribution in [0.4, 0.5) is 13.6 Å². The second-order valence-electron chi connectivity index (χ2n) is 6.88. The van der Waals surface area contributed by atoms with Gasteiger partial charge in [-0.25, -0.2) is 13.6 Å². The standard InChI is InChI=1S/C21H24F2N4O/c1-15(18-8-9-19(22)20(23)12-18)25-21(28)27(11-10-26(2)3)14-17-6-4-16(13-24)5-7-17/h4-9,12,15H,10-11,14H2,1-3H3,(H,25,28). The lowest BCUT2D eigenvalue weighted by Gasteiger charge is -2.27. The molecule has 0 saturated carbocycles. The number of nitrogens with one attached hydrogen (secondary N) is 1. The van der Waals surface area contributed by atoms with Crippen molar-refractivity contribution in [2.45, 2.75) is 19.5 Å². The van der Waals surface area contributed by atoms with E-state index in [9.17, 15) is 13.6 Å². The van der Waals surface area contributed by atoms with Crippen molar-refractivity contribution in [3.05, 3.63) is 70.8 Å². The third-order valence-electron chi connectivity index (χ3n) is 4.34. The molecule has 0 saturated heterocycles. The van der Waals surface area contributed by atoms with Crippen molar-refractivity contribution in [1.82, 2.24) is 15.1 Å². The van der Waals surface area contributed by atoms with E-state index < -0.39 is 17.7 Å². The van der Waals surface area contributed by atoms with Gasteiger partial charge < -0.3 is 15.1 Å². The van der Waals surface area contributed by atoms with Gasteiger partial charge in [0.1, 0.15) is 0 Å². The van der Waals surface area contributed by atoms with E-state index in [2.05, 4.69) is 11.4 Å². The quantitative estimate of drug-likeness (QED) is 0.790. The molecule has 7 heteroatoms. The van der Waals surface area contributed by atoms with Gasteiger partial charge in [-0.1, -0.05) is 18.2 Å². The number of nitrogens with zero attached hydrogens (tertiary/aromatic N) is 3. The van der Waals surface area contributed by atoms with Crippen LogP contribution < -0.4 is 5.32 Å². The molecule has 0 fully saturated rings. The topological polar surface area (TPSA) is 59.4 Å². The molecule has 5 nitrogen and oxygen atoms in total. The Morgan fingerprint density at radius 2 is 1.79 bits per heavy atom. The Hall–Kier alpha value is -2.98. The second-order valence-corrected chi connectivity index (χ2v) is 6.88. The average Bonchev–Trinajstić information content (AvgIpc) is 2.67. The molecule has 0 radical (unpaired) electrons. The van der Waals surface area contributed by atoms with Crippen LogP contribution in [0.15, 0.2) is 42.5 Å². The SMILES string of the molecule is CC(NC(=O)N(CCN(C)C)Cc1ccc(C#N)cc1)c1ccc(F)c(F)c1. The number of amides is 2. The van der Waals surface area contributed by atoms with Crippen LogP contribution in [0, 0.1) is 23.0 Å². The molecule has 148 valence electrons. The van der Waals surface area contributed by atoms with Crippen LogP contribution in [0.2, 0.25) is 0 Å². The lowest BCUT2D eigenvalue weighted by atomic mass is 10.1. The fourth-order valence-electron chi connectivity index (χ4n) is 2.62. The predicted octanol–water partition coefficient (Wildman–Crippen LogP) is 3.67. The highest BCUT2D eigenvalue weighted by molar-refractivity contribution is 5.74. The van der Waals surface area contributed by atoms with E-state index in [1.54, 1.807) is 24.0 Å². The second kappa shape index (κ2) is 9.81. The molecule has 2 aromatic carbocycles. The van der Waals surface area contributed by atoms with Gasteiger partial charge >= 0.3 is 6.03 Å². The first-order valence-corrected chi connectivity index (χ1v) is 8.94. The third-order valence-corrected chi connectivity index (χ3v) is 4.34. The van der Waals surface area contributed by atoms with Crippen molar-refractivity contribution in [1.29, 1.82) is 5.26 Å². The van der Waals surface area contributed by atoms with Gasteiger partial charge in [0.25, 0.3) is 0 Å². The van der Waals surface area contributed by atoms with Gasteiger partial charge in [-0.05, 0) is 56.4 Å². The number of urea groups is 1. The third kappa shape index (κ3) is 6.03. The Labute approximate surface area is 164 Å². The highest BCUT2D eigenvalue weighted by Gasteiger charge is 2.18. The smallest absolute Gasteiger partial charge is 0.318 e. The molecule has 2 rings (SSSR count). The number of benzene rings is 2. The van der Waals surface area contributed by atoms with Gasteiger partial charge in [-0.3, -0.25) is 0 Å². The maximum atomic E-state index is 13.5. The molecule has 2 aromatic rings.